The normalized spacial score (nSPS) is 12.2. The van der Waals surface area contributed by atoms with Crippen molar-refractivity contribution in [1.82, 2.24) is 0 Å². The molecule has 1 aliphatic carbocycles. The van der Waals surface area contributed by atoms with Crippen LogP contribution in [0.25, 0.3) is 22.3 Å². The van der Waals surface area contributed by atoms with Crippen LogP contribution in [0, 0.1) is 23.0 Å². The summed E-state index contributed by atoms with van der Waals surface area (Å²) in [6.07, 6.45) is 4.11. The Morgan fingerprint density at radius 2 is 1.48 bits per heavy atom. The first kappa shape index (κ1) is 17.4. The molecule has 0 saturated heterocycles. The topological polar surface area (TPSA) is 23.8 Å². The van der Waals surface area contributed by atoms with E-state index in [4.69, 9.17) is 5.26 Å². The Hall–Kier alpha value is -2.99. The summed E-state index contributed by atoms with van der Waals surface area (Å²) in [5.74, 6) is -1.64. The second-order valence-corrected chi connectivity index (χ2v) is 7.04. The Balaban J connectivity index is 1.75. The minimum Gasteiger partial charge on any atom is -0.205 e. The second-order valence-electron chi connectivity index (χ2n) is 7.04. The van der Waals surface area contributed by atoms with Gasteiger partial charge in [-0.2, -0.15) is 5.26 Å². The number of hydrogen-bond donors (Lipinski definition) is 0. The Bertz CT molecular complexity index is 1050. The number of fused-ring (bicyclic) bond motifs is 3. The molecule has 0 radical (unpaired) electrons. The van der Waals surface area contributed by atoms with Crippen LogP contribution >= 0.6 is 0 Å². The number of hydrogen-bond acceptors (Lipinski definition) is 1. The van der Waals surface area contributed by atoms with Gasteiger partial charge < -0.3 is 0 Å². The van der Waals surface area contributed by atoms with Crippen LogP contribution in [0.3, 0.4) is 0 Å². The lowest BCUT2D eigenvalue weighted by atomic mass is 9.83. The fraction of sp³-hybridized carbons (Fsp3) is 0.208. The molecule has 134 valence electrons. The van der Waals surface area contributed by atoms with Crippen LogP contribution in [0.4, 0.5) is 8.78 Å². The summed E-state index contributed by atoms with van der Waals surface area (Å²) in [6.45, 7) is 2.19. The van der Waals surface area contributed by atoms with Crippen molar-refractivity contribution < 1.29 is 8.78 Å². The number of aryl methyl sites for hydroxylation is 3. The van der Waals surface area contributed by atoms with Crippen molar-refractivity contribution in [2.75, 3.05) is 0 Å². The SMILES string of the molecule is CCCc1ccc2c(c1)CCc1cc(-c3cc(F)c(C#N)c(F)c3)ccc1-2. The van der Waals surface area contributed by atoms with Crippen molar-refractivity contribution in [3.63, 3.8) is 0 Å². The zero-order chi connectivity index (χ0) is 19.0. The zero-order valence-corrected chi connectivity index (χ0v) is 15.2. The number of nitrogens with zero attached hydrogens (tertiary/aromatic N) is 1. The van der Waals surface area contributed by atoms with Gasteiger partial charge in [-0.25, -0.2) is 8.78 Å². The first-order valence-corrected chi connectivity index (χ1v) is 9.25. The summed E-state index contributed by atoms with van der Waals surface area (Å²) < 4.78 is 27.9. The summed E-state index contributed by atoms with van der Waals surface area (Å²) in [4.78, 5) is 0. The zero-order valence-electron chi connectivity index (χ0n) is 15.2. The first-order chi connectivity index (χ1) is 13.1. The summed E-state index contributed by atoms with van der Waals surface area (Å²) in [5.41, 5.74) is 7.06. The Labute approximate surface area is 157 Å². The molecule has 3 aromatic carbocycles. The molecule has 0 fully saturated rings. The van der Waals surface area contributed by atoms with Crippen molar-refractivity contribution in [2.45, 2.75) is 32.6 Å². The number of rotatable bonds is 3. The molecule has 0 heterocycles. The van der Waals surface area contributed by atoms with Gasteiger partial charge >= 0.3 is 0 Å². The molecule has 0 spiro atoms. The fourth-order valence-electron chi connectivity index (χ4n) is 3.92. The molecule has 0 unspecified atom stereocenters. The van der Waals surface area contributed by atoms with E-state index in [-0.39, 0.29) is 0 Å². The van der Waals surface area contributed by atoms with E-state index in [1.165, 1.54) is 39.9 Å². The highest BCUT2D eigenvalue weighted by atomic mass is 19.1. The van der Waals surface area contributed by atoms with Crippen molar-refractivity contribution in [1.29, 1.82) is 5.26 Å². The molecule has 27 heavy (non-hydrogen) atoms. The molecular weight excluding hydrogens is 340 g/mol. The molecule has 0 atom stereocenters. The average molecular weight is 359 g/mol. The van der Waals surface area contributed by atoms with Gasteiger partial charge in [-0.3, -0.25) is 0 Å². The fourth-order valence-corrected chi connectivity index (χ4v) is 3.92. The third-order valence-electron chi connectivity index (χ3n) is 5.25. The summed E-state index contributed by atoms with van der Waals surface area (Å²) in [6, 6.07) is 16.7. The largest absolute Gasteiger partial charge is 0.205 e. The van der Waals surface area contributed by atoms with Crippen molar-refractivity contribution >= 4 is 0 Å². The number of benzene rings is 3. The molecule has 0 saturated carbocycles. The summed E-state index contributed by atoms with van der Waals surface area (Å²) in [5, 5.41) is 8.83. The molecule has 3 aromatic rings. The predicted octanol–water partition coefficient (Wildman–Crippen LogP) is 6.22. The predicted molar refractivity (Wildman–Crippen MR) is 103 cm³/mol. The van der Waals surface area contributed by atoms with Crippen molar-refractivity contribution in [3.8, 4) is 28.3 Å². The smallest absolute Gasteiger partial charge is 0.144 e. The molecule has 4 rings (SSSR count). The molecule has 1 nitrogen and oxygen atoms in total. The van der Waals surface area contributed by atoms with Gasteiger partial charge in [0.15, 0.2) is 0 Å². The lowest BCUT2D eigenvalue weighted by molar-refractivity contribution is 0.577. The minimum absolute atomic E-state index is 0.455. The number of halogens is 2. The van der Waals surface area contributed by atoms with Gasteiger partial charge in [0.1, 0.15) is 23.3 Å². The van der Waals surface area contributed by atoms with Crippen LogP contribution in [-0.4, -0.2) is 0 Å². The summed E-state index contributed by atoms with van der Waals surface area (Å²) >= 11 is 0. The van der Waals surface area contributed by atoms with E-state index < -0.39 is 17.2 Å². The lowest BCUT2D eigenvalue weighted by Gasteiger charge is -2.21. The first-order valence-electron chi connectivity index (χ1n) is 9.25. The molecule has 1 aliphatic rings. The molecule has 3 heteroatoms. The average Bonchev–Trinajstić information content (AvgIpc) is 2.67. The minimum atomic E-state index is -0.820. The highest BCUT2D eigenvalue weighted by molar-refractivity contribution is 5.77. The van der Waals surface area contributed by atoms with E-state index in [1.807, 2.05) is 18.2 Å². The third kappa shape index (κ3) is 3.13. The van der Waals surface area contributed by atoms with Gasteiger partial charge in [0.25, 0.3) is 0 Å². The van der Waals surface area contributed by atoms with Gasteiger partial charge in [0.05, 0.1) is 0 Å². The quantitative estimate of drug-likeness (QED) is 0.544. The van der Waals surface area contributed by atoms with Crippen LogP contribution in [-0.2, 0) is 19.3 Å². The monoisotopic (exact) mass is 359 g/mol. The number of nitriles is 1. The second kappa shape index (κ2) is 6.96. The van der Waals surface area contributed by atoms with Gasteiger partial charge in [0, 0.05) is 0 Å². The van der Waals surface area contributed by atoms with Crippen LogP contribution in [0.15, 0.2) is 48.5 Å². The van der Waals surface area contributed by atoms with Gasteiger partial charge in [-0.1, -0.05) is 49.7 Å². The Morgan fingerprint density at radius 3 is 2.11 bits per heavy atom. The summed E-state index contributed by atoms with van der Waals surface area (Å²) in [7, 11) is 0. The lowest BCUT2D eigenvalue weighted by Crippen LogP contribution is -2.05. The van der Waals surface area contributed by atoms with Crippen LogP contribution in [0.1, 0.15) is 35.6 Å². The van der Waals surface area contributed by atoms with Crippen molar-refractivity contribution in [2.24, 2.45) is 0 Å². The molecule has 0 amide bonds. The molecule has 0 aromatic heterocycles. The van der Waals surface area contributed by atoms with E-state index in [2.05, 4.69) is 25.1 Å². The van der Waals surface area contributed by atoms with Crippen molar-refractivity contribution in [3.05, 3.63) is 82.4 Å². The highest BCUT2D eigenvalue weighted by Gasteiger charge is 2.18. The van der Waals surface area contributed by atoms with Gasteiger partial charge in [0.2, 0.25) is 0 Å². The van der Waals surface area contributed by atoms with E-state index >= 15 is 0 Å². The van der Waals surface area contributed by atoms with E-state index in [0.717, 1.165) is 31.2 Å². The maximum absolute atomic E-state index is 14.0. The maximum Gasteiger partial charge on any atom is 0.144 e. The van der Waals surface area contributed by atoms with E-state index in [1.54, 1.807) is 6.07 Å². The van der Waals surface area contributed by atoms with Crippen LogP contribution < -0.4 is 0 Å². The van der Waals surface area contributed by atoms with E-state index in [9.17, 15) is 8.78 Å². The molecular formula is C24H19F2N. The van der Waals surface area contributed by atoms with Crippen LogP contribution in [0.2, 0.25) is 0 Å². The molecule has 0 N–H and O–H groups in total. The molecule has 0 aliphatic heterocycles. The van der Waals surface area contributed by atoms with E-state index in [0.29, 0.717) is 5.56 Å². The maximum atomic E-state index is 14.0. The highest BCUT2D eigenvalue weighted by Crippen LogP contribution is 2.37. The van der Waals surface area contributed by atoms with Gasteiger partial charge in [-0.15, -0.1) is 0 Å². The molecule has 0 bridgehead atoms. The van der Waals surface area contributed by atoms with Gasteiger partial charge in [-0.05, 0) is 70.3 Å². The van der Waals surface area contributed by atoms with Crippen LogP contribution in [0.5, 0.6) is 0 Å². The Morgan fingerprint density at radius 1 is 0.852 bits per heavy atom. The third-order valence-corrected chi connectivity index (χ3v) is 5.25. The standard InChI is InChI=1S/C24H19F2N/c1-2-3-15-4-8-20-17(10-15)5-6-18-11-16(7-9-21(18)20)19-12-23(25)22(14-27)24(26)13-19/h4,7-13H,2-3,5-6H2,1H3. The Kier molecular flexibility index (Phi) is 4.49.